The van der Waals surface area contributed by atoms with Crippen LogP contribution >= 0.6 is 11.8 Å². The number of hydrogen-bond donors (Lipinski definition) is 1. The zero-order valence-electron chi connectivity index (χ0n) is 12.5. The van der Waals surface area contributed by atoms with Crippen LogP contribution in [0, 0.1) is 11.3 Å². The highest BCUT2D eigenvalue weighted by Crippen LogP contribution is 2.26. The maximum atomic E-state index is 12.6. The van der Waals surface area contributed by atoms with Crippen molar-refractivity contribution in [3.8, 4) is 11.8 Å². The molecule has 0 saturated carbocycles. The smallest absolute Gasteiger partial charge is 0.276 e. The third-order valence-corrected chi connectivity index (χ3v) is 4.15. The summed E-state index contributed by atoms with van der Waals surface area (Å²) < 4.78 is 5.41. The lowest BCUT2D eigenvalue weighted by molar-refractivity contribution is -0.122. The Morgan fingerprint density at radius 3 is 2.87 bits per heavy atom. The molecule has 8 heteroatoms. The zero-order chi connectivity index (χ0) is 16.2. The maximum absolute atomic E-state index is 12.6. The average Bonchev–Trinajstić information content (AvgIpc) is 2.98. The number of amides is 1. The second-order valence-electron chi connectivity index (χ2n) is 4.71. The number of amidine groups is 1. The van der Waals surface area contributed by atoms with E-state index in [1.165, 1.54) is 11.8 Å². The molecule has 7 nitrogen and oxygen atoms in total. The molecule has 1 amide bonds. The molecule has 1 N–H and O–H groups in total. The van der Waals surface area contributed by atoms with Gasteiger partial charge in [-0.15, -0.1) is 0 Å². The van der Waals surface area contributed by atoms with Crippen LogP contribution in [0.2, 0.25) is 0 Å². The van der Waals surface area contributed by atoms with E-state index in [0.29, 0.717) is 11.8 Å². The highest BCUT2D eigenvalue weighted by atomic mass is 32.2. The summed E-state index contributed by atoms with van der Waals surface area (Å²) in [6.45, 7) is 2.52. The number of hydrogen-bond acceptors (Lipinski definition) is 7. The number of nitrogens with one attached hydrogen (secondary N) is 1. The number of carbonyl (C=O) groups excluding carboxylic acids is 1. The van der Waals surface area contributed by atoms with Gasteiger partial charge in [-0.3, -0.25) is 20.0 Å². The summed E-state index contributed by atoms with van der Waals surface area (Å²) in [6.07, 6.45) is 2.91. The van der Waals surface area contributed by atoms with E-state index in [-0.39, 0.29) is 11.7 Å². The molecule has 2 heterocycles. The number of carbonyl (C=O) groups is 1. The first-order chi connectivity index (χ1) is 11.2. The van der Waals surface area contributed by atoms with Crippen LogP contribution in [-0.2, 0) is 4.79 Å². The van der Waals surface area contributed by atoms with Crippen molar-refractivity contribution in [2.75, 3.05) is 17.3 Å². The number of benzene rings is 1. The van der Waals surface area contributed by atoms with Gasteiger partial charge in [0.15, 0.2) is 5.17 Å². The number of hydrazone groups is 1. The Bertz CT molecular complexity index is 695. The number of anilines is 1. The highest BCUT2D eigenvalue weighted by molar-refractivity contribution is 8.14. The van der Waals surface area contributed by atoms with Crippen LogP contribution in [-0.4, -0.2) is 34.5 Å². The molecular weight excluding hydrogens is 314 g/mol. The van der Waals surface area contributed by atoms with Gasteiger partial charge >= 0.3 is 0 Å². The number of nitrogens with zero attached hydrogens (tertiary/aromatic N) is 4. The molecule has 1 unspecified atom stereocenters. The lowest BCUT2D eigenvalue weighted by atomic mass is 10.2. The van der Waals surface area contributed by atoms with Crippen molar-refractivity contribution in [3.63, 3.8) is 0 Å². The molecule has 0 spiro atoms. The molecule has 0 radical (unpaired) electrons. The van der Waals surface area contributed by atoms with E-state index in [0.717, 1.165) is 11.4 Å². The van der Waals surface area contributed by atoms with E-state index in [2.05, 4.69) is 10.5 Å². The Morgan fingerprint density at radius 1 is 1.39 bits per heavy atom. The Morgan fingerprint density at radius 2 is 2.17 bits per heavy atom. The first-order valence-electron chi connectivity index (χ1n) is 7.10. The normalized spacial score (nSPS) is 19.0. The van der Waals surface area contributed by atoms with Gasteiger partial charge in [-0.2, -0.15) is 10.4 Å². The van der Waals surface area contributed by atoms with E-state index in [1.54, 1.807) is 22.2 Å². The van der Waals surface area contributed by atoms with E-state index in [9.17, 15) is 4.79 Å². The number of thioether (sulfide) groups is 1. The van der Waals surface area contributed by atoms with Gasteiger partial charge in [0.05, 0.1) is 18.4 Å². The fraction of sp³-hybridized carbons (Fsp3) is 0.267. The summed E-state index contributed by atoms with van der Waals surface area (Å²) in [5, 5.41) is 13.4. The fourth-order valence-corrected chi connectivity index (χ4v) is 2.93. The van der Waals surface area contributed by atoms with E-state index >= 15 is 0 Å². The van der Waals surface area contributed by atoms with Gasteiger partial charge in [-0.1, -0.05) is 11.8 Å². The second-order valence-corrected chi connectivity index (χ2v) is 5.66. The fourth-order valence-electron chi connectivity index (χ4n) is 2.30. The summed E-state index contributed by atoms with van der Waals surface area (Å²) >= 11 is 1.29. The second kappa shape index (κ2) is 6.62. The largest absolute Gasteiger partial charge is 0.494 e. The van der Waals surface area contributed by atoms with Gasteiger partial charge in [0.1, 0.15) is 5.75 Å². The molecule has 2 aliphatic rings. The summed E-state index contributed by atoms with van der Waals surface area (Å²) in [6, 6.07) is 9.39. The quantitative estimate of drug-likeness (QED) is 0.905. The molecule has 0 saturated heterocycles. The minimum absolute atomic E-state index is 0.132. The van der Waals surface area contributed by atoms with Crippen molar-refractivity contribution >= 4 is 28.5 Å². The Balaban J connectivity index is 1.76. The predicted octanol–water partition coefficient (Wildman–Crippen LogP) is 1.66. The molecule has 118 valence electrons. The lowest BCUT2D eigenvalue weighted by Gasteiger charge is -2.31. The van der Waals surface area contributed by atoms with Gasteiger partial charge in [-0.05, 0) is 31.2 Å². The third-order valence-electron chi connectivity index (χ3n) is 3.32. The Labute approximate surface area is 138 Å². The van der Waals surface area contributed by atoms with Gasteiger partial charge in [0.2, 0.25) is 6.17 Å². The standard InChI is InChI=1S/C15H15N5O2S/c1-2-22-12-5-3-11(4-6-12)19-8-9-20-13(14(19)21)17-18-15(20)23-10-7-16/h3-6,8-9,13,17H,2,10H2,1H3. The minimum atomic E-state index is -0.576. The molecular formula is C15H15N5O2S. The van der Waals surface area contributed by atoms with Crippen molar-refractivity contribution in [3.05, 3.63) is 36.7 Å². The first-order valence-corrected chi connectivity index (χ1v) is 8.08. The zero-order valence-corrected chi connectivity index (χ0v) is 13.3. The van der Waals surface area contributed by atoms with Crippen LogP contribution < -0.4 is 15.1 Å². The van der Waals surface area contributed by atoms with Crippen LogP contribution in [0.4, 0.5) is 5.69 Å². The number of fused-ring (bicyclic) bond motifs is 1. The highest BCUT2D eigenvalue weighted by Gasteiger charge is 2.38. The molecule has 23 heavy (non-hydrogen) atoms. The molecule has 1 aromatic rings. The SMILES string of the molecule is CCOc1ccc(N2C=CN3C(SCC#N)=NNC3C2=O)cc1. The van der Waals surface area contributed by atoms with Gasteiger partial charge in [0, 0.05) is 18.1 Å². The van der Waals surface area contributed by atoms with Gasteiger partial charge in [0.25, 0.3) is 5.91 Å². The summed E-state index contributed by atoms with van der Waals surface area (Å²) in [5.74, 6) is 0.922. The molecule has 1 aromatic carbocycles. The van der Waals surface area contributed by atoms with Crippen molar-refractivity contribution in [2.45, 2.75) is 13.1 Å². The summed E-state index contributed by atoms with van der Waals surface area (Å²) in [4.78, 5) is 15.9. The molecule has 0 aromatic heterocycles. The van der Waals surface area contributed by atoms with Crippen LogP contribution in [0.25, 0.3) is 0 Å². The lowest BCUT2D eigenvalue weighted by Crippen LogP contribution is -2.52. The summed E-state index contributed by atoms with van der Waals surface area (Å²) in [5.41, 5.74) is 3.57. The van der Waals surface area contributed by atoms with Crippen molar-refractivity contribution < 1.29 is 9.53 Å². The van der Waals surface area contributed by atoms with Crippen molar-refractivity contribution in [2.24, 2.45) is 5.10 Å². The Kier molecular flexibility index (Phi) is 4.39. The predicted molar refractivity (Wildman–Crippen MR) is 88.5 cm³/mol. The van der Waals surface area contributed by atoms with Gasteiger partial charge in [-0.25, -0.2) is 0 Å². The average molecular weight is 329 g/mol. The third kappa shape index (κ3) is 2.96. The number of ether oxygens (including phenoxy) is 1. The molecule has 1 atom stereocenters. The van der Waals surface area contributed by atoms with Crippen LogP contribution in [0.5, 0.6) is 5.75 Å². The minimum Gasteiger partial charge on any atom is -0.494 e. The van der Waals surface area contributed by atoms with Crippen LogP contribution in [0.1, 0.15) is 6.92 Å². The summed E-state index contributed by atoms with van der Waals surface area (Å²) in [7, 11) is 0. The maximum Gasteiger partial charge on any atom is 0.276 e. The van der Waals surface area contributed by atoms with Crippen LogP contribution in [0.15, 0.2) is 41.8 Å². The van der Waals surface area contributed by atoms with E-state index < -0.39 is 6.17 Å². The first kappa shape index (κ1) is 15.2. The topological polar surface area (TPSA) is 81.0 Å². The molecule has 2 aliphatic heterocycles. The van der Waals surface area contributed by atoms with Gasteiger partial charge < -0.3 is 4.74 Å². The van der Waals surface area contributed by atoms with Crippen molar-refractivity contribution in [1.82, 2.24) is 10.3 Å². The monoisotopic (exact) mass is 329 g/mol. The molecule has 0 bridgehead atoms. The molecule has 3 rings (SSSR count). The Hall–Kier alpha value is -2.66. The molecule has 0 aliphatic carbocycles. The van der Waals surface area contributed by atoms with E-state index in [1.807, 2.05) is 37.3 Å². The number of rotatable bonds is 4. The van der Waals surface area contributed by atoms with Crippen molar-refractivity contribution in [1.29, 1.82) is 5.26 Å². The van der Waals surface area contributed by atoms with Crippen LogP contribution in [0.3, 0.4) is 0 Å². The van der Waals surface area contributed by atoms with E-state index in [4.69, 9.17) is 10.00 Å². The molecule has 0 fully saturated rings. The number of nitriles is 1.